The molecule has 0 aliphatic heterocycles. The van der Waals surface area contributed by atoms with Crippen LogP contribution >= 0.6 is 0 Å². The summed E-state index contributed by atoms with van der Waals surface area (Å²) >= 11 is 0. The normalized spacial score (nSPS) is 10.5. The SMILES string of the molecule is COc1ccc(-c2nnc(CCNC(=O)c3ccc(C)cc3)o2)cc1. The third kappa shape index (κ3) is 4.23. The van der Waals surface area contributed by atoms with E-state index in [0.717, 1.165) is 16.9 Å². The fraction of sp³-hybridized carbons (Fsp3) is 0.211. The van der Waals surface area contributed by atoms with Gasteiger partial charge in [0, 0.05) is 24.1 Å². The lowest BCUT2D eigenvalue weighted by Gasteiger charge is -2.03. The van der Waals surface area contributed by atoms with Gasteiger partial charge in [-0.05, 0) is 43.3 Å². The summed E-state index contributed by atoms with van der Waals surface area (Å²) in [5.74, 6) is 1.58. The molecule has 0 atom stereocenters. The molecule has 3 rings (SSSR count). The number of nitrogens with one attached hydrogen (secondary N) is 1. The van der Waals surface area contributed by atoms with Gasteiger partial charge in [0.25, 0.3) is 5.91 Å². The van der Waals surface area contributed by atoms with Gasteiger partial charge in [-0.2, -0.15) is 0 Å². The molecule has 0 fully saturated rings. The summed E-state index contributed by atoms with van der Waals surface area (Å²) in [7, 11) is 1.62. The molecule has 0 radical (unpaired) electrons. The highest BCUT2D eigenvalue weighted by Crippen LogP contribution is 2.21. The summed E-state index contributed by atoms with van der Waals surface area (Å²) in [4.78, 5) is 12.0. The highest BCUT2D eigenvalue weighted by Gasteiger charge is 2.10. The van der Waals surface area contributed by atoms with Gasteiger partial charge in [-0.1, -0.05) is 17.7 Å². The minimum absolute atomic E-state index is 0.116. The van der Waals surface area contributed by atoms with Crippen LogP contribution in [0.1, 0.15) is 21.8 Å². The van der Waals surface area contributed by atoms with E-state index < -0.39 is 0 Å². The average Bonchev–Trinajstić information content (AvgIpc) is 3.11. The Balaban J connectivity index is 1.54. The number of hydrogen-bond acceptors (Lipinski definition) is 5. The van der Waals surface area contributed by atoms with E-state index in [9.17, 15) is 4.79 Å². The van der Waals surface area contributed by atoms with Gasteiger partial charge in [0.2, 0.25) is 11.8 Å². The van der Waals surface area contributed by atoms with Crippen LogP contribution in [-0.4, -0.2) is 29.8 Å². The number of amides is 1. The van der Waals surface area contributed by atoms with E-state index in [1.807, 2.05) is 43.3 Å². The Kier molecular flexibility index (Phi) is 5.09. The molecule has 2 aromatic carbocycles. The third-order valence-corrected chi connectivity index (χ3v) is 3.74. The van der Waals surface area contributed by atoms with Crippen molar-refractivity contribution in [2.75, 3.05) is 13.7 Å². The number of nitrogens with zero attached hydrogens (tertiary/aromatic N) is 2. The van der Waals surface area contributed by atoms with Crippen LogP contribution < -0.4 is 10.1 Å². The average molecular weight is 337 g/mol. The fourth-order valence-electron chi connectivity index (χ4n) is 2.29. The topological polar surface area (TPSA) is 77.3 Å². The molecular formula is C19H19N3O3. The summed E-state index contributed by atoms with van der Waals surface area (Å²) < 4.78 is 10.8. The molecule has 0 saturated heterocycles. The largest absolute Gasteiger partial charge is 0.497 e. The van der Waals surface area contributed by atoms with Gasteiger partial charge in [0.15, 0.2) is 0 Å². The van der Waals surface area contributed by atoms with Crippen molar-refractivity contribution >= 4 is 5.91 Å². The van der Waals surface area contributed by atoms with Crippen molar-refractivity contribution < 1.29 is 13.9 Å². The molecule has 1 N–H and O–H groups in total. The van der Waals surface area contributed by atoms with Gasteiger partial charge in [-0.25, -0.2) is 0 Å². The zero-order chi connectivity index (χ0) is 17.6. The van der Waals surface area contributed by atoms with Crippen molar-refractivity contribution in [3.05, 3.63) is 65.5 Å². The van der Waals surface area contributed by atoms with E-state index in [0.29, 0.717) is 30.3 Å². The Labute approximate surface area is 145 Å². The molecule has 0 spiro atoms. The Bertz CT molecular complexity index is 839. The predicted molar refractivity (Wildman–Crippen MR) is 93.5 cm³/mol. The Morgan fingerprint density at radius 2 is 1.80 bits per heavy atom. The minimum atomic E-state index is -0.116. The number of aromatic nitrogens is 2. The van der Waals surface area contributed by atoms with Crippen LogP contribution in [0.2, 0.25) is 0 Å². The Hall–Kier alpha value is -3.15. The lowest BCUT2D eigenvalue weighted by atomic mass is 10.1. The minimum Gasteiger partial charge on any atom is -0.497 e. The van der Waals surface area contributed by atoms with Crippen molar-refractivity contribution in [1.29, 1.82) is 0 Å². The third-order valence-electron chi connectivity index (χ3n) is 3.74. The van der Waals surface area contributed by atoms with Gasteiger partial charge in [0.05, 0.1) is 7.11 Å². The zero-order valence-electron chi connectivity index (χ0n) is 14.2. The lowest BCUT2D eigenvalue weighted by Crippen LogP contribution is -2.25. The van der Waals surface area contributed by atoms with Gasteiger partial charge >= 0.3 is 0 Å². The second-order valence-electron chi connectivity index (χ2n) is 5.60. The first-order chi connectivity index (χ1) is 12.2. The fourth-order valence-corrected chi connectivity index (χ4v) is 2.29. The van der Waals surface area contributed by atoms with Crippen LogP contribution in [0.15, 0.2) is 52.9 Å². The first-order valence-corrected chi connectivity index (χ1v) is 7.97. The van der Waals surface area contributed by atoms with E-state index >= 15 is 0 Å². The number of ether oxygens (including phenoxy) is 1. The van der Waals surface area contributed by atoms with Crippen molar-refractivity contribution in [3.63, 3.8) is 0 Å². The van der Waals surface area contributed by atoms with Crippen LogP contribution in [0.4, 0.5) is 0 Å². The summed E-state index contributed by atoms with van der Waals surface area (Å²) in [6.07, 6.45) is 0.473. The quantitative estimate of drug-likeness (QED) is 0.748. The number of rotatable bonds is 6. The van der Waals surface area contributed by atoms with Gasteiger partial charge in [-0.3, -0.25) is 4.79 Å². The maximum Gasteiger partial charge on any atom is 0.251 e. The summed E-state index contributed by atoms with van der Waals surface area (Å²) in [6, 6.07) is 14.8. The molecule has 6 heteroatoms. The maximum absolute atomic E-state index is 12.0. The van der Waals surface area contributed by atoms with Crippen LogP contribution in [0, 0.1) is 6.92 Å². The van der Waals surface area contributed by atoms with Crippen molar-refractivity contribution in [2.24, 2.45) is 0 Å². The Morgan fingerprint density at radius 1 is 1.08 bits per heavy atom. The molecule has 0 saturated carbocycles. The maximum atomic E-state index is 12.0. The highest BCUT2D eigenvalue weighted by molar-refractivity contribution is 5.94. The van der Waals surface area contributed by atoms with Crippen LogP contribution in [-0.2, 0) is 6.42 Å². The summed E-state index contributed by atoms with van der Waals surface area (Å²) in [6.45, 7) is 2.41. The van der Waals surface area contributed by atoms with Gasteiger partial charge in [0.1, 0.15) is 5.75 Å². The number of aryl methyl sites for hydroxylation is 1. The molecule has 1 amide bonds. The Morgan fingerprint density at radius 3 is 2.48 bits per heavy atom. The van der Waals surface area contributed by atoms with Crippen LogP contribution in [0.5, 0.6) is 5.75 Å². The second-order valence-corrected chi connectivity index (χ2v) is 5.60. The summed E-state index contributed by atoms with van der Waals surface area (Å²) in [5.41, 5.74) is 2.58. The molecule has 0 aliphatic carbocycles. The molecule has 6 nitrogen and oxygen atoms in total. The molecule has 128 valence electrons. The smallest absolute Gasteiger partial charge is 0.251 e. The molecule has 25 heavy (non-hydrogen) atoms. The van der Waals surface area contributed by atoms with Crippen molar-refractivity contribution in [3.8, 4) is 17.2 Å². The number of hydrogen-bond donors (Lipinski definition) is 1. The lowest BCUT2D eigenvalue weighted by molar-refractivity contribution is 0.0953. The van der Waals surface area contributed by atoms with Crippen molar-refractivity contribution in [1.82, 2.24) is 15.5 Å². The van der Waals surface area contributed by atoms with Gasteiger partial charge < -0.3 is 14.5 Å². The van der Waals surface area contributed by atoms with E-state index in [1.165, 1.54) is 0 Å². The van der Waals surface area contributed by atoms with Gasteiger partial charge in [-0.15, -0.1) is 10.2 Å². The van der Waals surface area contributed by atoms with E-state index in [-0.39, 0.29) is 5.91 Å². The highest BCUT2D eigenvalue weighted by atomic mass is 16.5. The van der Waals surface area contributed by atoms with E-state index in [2.05, 4.69) is 15.5 Å². The zero-order valence-corrected chi connectivity index (χ0v) is 14.2. The first kappa shape index (κ1) is 16.7. The standard InChI is InChI=1S/C19H19N3O3/c1-13-3-5-14(6-4-13)18(23)20-12-11-17-21-22-19(25-17)15-7-9-16(24-2)10-8-15/h3-10H,11-12H2,1-2H3,(H,20,23). The van der Waals surface area contributed by atoms with Crippen LogP contribution in [0.3, 0.4) is 0 Å². The number of carbonyl (C=O) groups is 1. The monoisotopic (exact) mass is 337 g/mol. The molecule has 0 bridgehead atoms. The molecule has 0 aliphatic rings. The second kappa shape index (κ2) is 7.61. The van der Waals surface area contributed by atoms with Crippen LogP contribution in [0.25, 0.3) is 11.5 Å². The molecule has 0 unspecified atom stereocenters. The predicted octanol–water partition coefficient (Wildman–Crippen LogP) is 3.03. The number of benzene rings is 2. The molecule has 1 aromatic heterocycles. The number of methoxy groups -OCH3 is 1. The first-order valence-electron chi connectivity index (χ1n) is 7.97. The molecule has 1 heterocycles. The van der Waals surface area contributed by atoms with E-state index in [4.69, 9.17) is 9.15 Å². The summed E-state index contributed by atoms with van der Waals surface area (Å²) in [5, 5.41) is 10.9. The van der Waals surface area contributed by atoms with Crippen molar-refractivity contribution in [2.45, 2.75) is 13.3 Å². The van der Waals surface area contributed by atoms with E-state index in [1.54, 1.807) is 19.2 Å². The molecular weight excluding hydrogens is 318 g/mol. The molecule has 3 aromatic rings. The number of carbonyl (C=O) groups excluding carboxylic acids is 1.